The Bertz CT molecular complexity index is 418. The van der Waals surface area contributed by atoms with Gasteiger partial charge >= 0.3 is 0 Å². The van der Waals surface area contributed by atoms with Crippen LogP contribution in [-0.2, 0) is 0 Å². The molecule has 1 aromatic heterocycles. The summed E-state index contributed by atoms with van der Waals surface area (Å²) in [6, 6.07) is 2.91. The number of nitrogens with zero attached hydrogens (tertiary/aromatic N) is 1. The van der Waals surface area contributed by atoms with Crippen molar-refractivity contribution >= 4 is 23.1 Å². The van der Waals surface area contributed by atoms with E-state index >= 15 is 0 Å². The lowest BCUT2D eigenvalue weighted by Gasteiger charge is -2.28. The molecule has 2 unspecified atom stereocenters. The molecule has 1 saturated heterocycles. The maximum atomic E-state index is 3.85. The molecule has 3 heterocycles. The Hall–Kier alpha value is -0.0300. The number of hydrogen-bond donors (Lipinski definition) is 1. The molecule has 2 nitrogen and oxygen atoms in total. The van der Waals surface area contributed by atoms with Gasteiger partial charge in [-0.1, -0.05) is 13.8 Å². The fourth-order valence-corrected chi connectivity index (χ4v) is 5.78. The summed E-state index contributed by atoms with van der Waals surface area (Å²) in [5.41, 5.74) is 1.55. The quantitative estimate of drug-likeness (QED) is 0.914. The smallest absolute Gasteiger partial charge is 0.0649 e. The Morgan fingerprint density at radius 2 is 2.37 bits per heavy atom. The third-order valence-electron chi connectivity index (χ3n) is 4.38. The Kier molecular flexibility index (Phi) is 4.52. The zero-order valence-corrected chi connectivity index (χ0v) is 13.5. The second-order valence-corrected chi connectivity index (χ2v) is 8.46. The van der Waals surface area contributed by atoms with Crippen LogP contribution in [-0.4, -0.2) is 36.3 Å². The topological polar surface area (TPSA) is 15.3 Å². The molecule has 1 fully saturated rings. The monoisotopic (exact) mass is 296 g/mol. The van der Waals surface area contributed by atoms with Gasteiger partial charge < -0.3 is 10.2 Å². The van der Waals surface area contributed by atoms with Crippen molar-refractivity contribution in [3.63, 3.8) is 0 Å². The highest BCUT2D eigenvalue weighted by molar-refractivity contribution is 8.01. The molecule has 3 rings (SSSR count). The first-order valence-electron chi connectivity index (χ1n) is 7.46. The molecular formula is C15H24N2S2. The third kappa shape index (κ3) is 3.18. The zero-order valence-electron chi connectivity index (χ0n) is 11.9. The summed E-state index contributed by atoms with van der Waals surface area (Å²) in [6.45, 7) is 9.61. The van der Waals surface area contributed by atoms with Crippen molar-refractivity contribution in [1.82, 2.24) is 10.2 Å². The van der Waals surface area contributed by atoms with Crippen LogP contribution in [0, 0.1) is 5.92 Å². The molecule has 0 amide bonds. The molecule has 0 spiro atoms. The maximum Gasteiger partial charge on any atom is 0.0649 e. The number of rotatable bonds is 4. The van der Waals surface area contributed by atoms with Gasteiger partial charge in [0.25, 0.3) is 0 Å². The van der Waals surface area contributed by atoms with Crippen LogP contribution in [0.3, 0.4) is 0 Å². The van der Waals surface area contributed by atoms with E-state index in [0.717, 1.165) is 11.2 Å². The van der Waals surface area contributed by atoms with E-state index in [4.69, 9.17) is 0 Å². The van der Waals surface area contributed by atoms with E-state index < -0.39 is 0 Å². The molecule has 3 atom stereocenters. The number of likely N-dealkylation sites (tertiary alicyclic amines) is 1. The van der Waals surface area contributed by atoms with Crippen LogP contribution in [0.1, 0.15) is 38.3 Å². The minimum atomic E-state index is 0.591. The molecule has 0 bridgehead atoms. The molecule has 2 aliphatic rings. The van der Waals surface area contributed by atoms with E-state index in [0.29, 0.717) is 6.04 Å². The van der Waals surface area contributed by atoms with Crippen LogP contribution < -0.4 is 5.32 Å². The summed E-state index contributed by atoms with van der Waals surface area (Å²) < 4.78 is 1.54. The fourth-order valence-electron chi connectivity index (χ4n) is 3.22. The maximum absolute atomic E-state index is 3.85. The van der Waals surface area contributed by atoms with Gasteiger partial charge in [-0.2, -0.15) is 0 Å². The van der Waals surface area contributed by atoms with Crippen molar-refractivity contribution in [2.45, 2.75) is 42.2 Å². The number of nitrogens with one attached hydrogen (secondary N) is 1. The predicted octanol–water partition coefficient (Wildman–Crippen LogP) is 3.60. The Morgan fingerprint density at radius 3 is 3.16 bits per heavy atom. The molecule has 0 radical (unpaired) electrons. The summed E-state index contributed by atoms with van der Waals surface area (Å²) in [6.07, 6.45) is 2.65. The lowest BCUT2D eigenvalue weighted by Crippen LogP contribution is -2.32. The predicted molar refractivity (Wildman–Crippen MR) is 85.2 cm³/mol. The van der Waals surface area contributed by atoms with Crippen molar-refractivity contribution < 1.29 is 0 Å². The van der Waals surface area contributed by atoms with Crippen molar-refractivity contribution in [3.05, 3.63) is 17.0 Å². The van der Waals surface area contributed by atoms with Crippen LogP contribution in [0.4, 0.5) is 0 Å². The standard InChI is InChI=1S/C15H24N2S2/c1-3-17-6-4-12(10-17)9-16-14-8-11(2)19-15-13(14)5-7-18-15/h5,7,11-12,14,16H,3-4,6,8-10H2,1-2H3/t11-,12?,14?/m0/s1. The molecule has 0 aromatic carbocycles. The van der Waals surface area contributed by atoms with Gasteiger partial charge in [0.05, 0.1) is 4.21 Å². The molecular weight excluding hydrogens is 272 g/mol. The molecule has 106 valence electrons. The van der Waals surface area contributed by atoms with Gasteiger partial charge in [-0.15, -0.1) is 23.1 Å². The summed E-state index contributed by atoms with van der Waals surface area (Å²) in [5, 5.41) is 6.85. The van der Waals surface area contributed by atoms with Crippen LogP contribution in [0.5, 0.6) is 0 Å². The SMILES string of the molecule is CCN1CCC(CNC2C[C@H](C)Sc3sccc32)C1. The van der Waals surface area contributed by atoms with E-state index in [1.807, 2.05) is 11.3 Å². The zero-order chi connectivity index (χ0) is 13.2. The number of thiophene rings is 1. The summed E-state index contributed by atoms with van der Waals surface area (Å²) >= 11 is 3.96. The lowest BCUT2D eigenvalue weighted by atomic mass is 10.0. The van der Waals surface area contributed by atoms with E-state index in [1.165, 1.54) is 43.2 Å². The van der Waals surface area contributed by atoms with Gasteiger partial charge in [-0.25, -0.2) is 0 Å². The first-order chi connectivity index (χ1) is 9.26. The van der Waals surface area contributed by atoms with E-state index in [2.05, 4.69) is 47.3 Å². The van der Waals surface area contributed by atoms with E-state index in [-0.39, 0.29) is 0 Å². The van der Waals surface area contributed by atoms with Gasteiger partial charge in [0.1, 0.15) is 0 Å². The minimum Gasteiger partial charge on any atom is -0.310 e. The average Bonchev–Trinajstić information content (AvgIpc) is 3.03. The second-order valence-electron chi connectivity index (χ2n) is 5.84. The number of fused-ring (bicyclic) bond motifs is 1. The molecule has 0 aliphatic carbocycles. The Morgan fingerprint density at radius 1 is 1.47 bits per heavy atom. The van der Waals surface area contributed by atoms with Gasteiger partial charge in [0.2, 0.25) is 0 Å². The minimum absolute atomic E-state index is 0.591. The van der Waals surface area contributed by atoms with Crippen molar-refractivity contribution in [3.8, 4) is 0 Å². The highest BCUT2D eigenvalue weighted by atomic mass is 32.2. The second kappa shape index (κ2) is 6.17. The van der Waals surface area contributed by atoms with Gasteiger partial charge in [0.15, 0.2) is 0 Å². The number of thioether (sulfide) groups is 1. The lowest BCUT2D eigenvalue weighted by molar-refractivity contribution is 0.333. The number of hydrogen-bond acceptors (Lipinski definition) is 4. The summed E-state index contributed by atoms with van der Waals surface area (Å²) in [7, 11) is 0. The average molecular weight is 297 g/mol. The molecule has 4 heteroatoms. The Labute approximate surface area is 125 Å². The fraction of sp³-hybridized carbons (Fsp3) is 0.733. The highest BCUT2D eigenvalue weighted by Crippen LogP contribution is 2.43. The van der Waals surface area contributed by atoms with Crippen LogP contribution in [0.2, 0.25) is 0 Å². The van der Waals surface area contributed by atoms with Crippen LogP contribution >= 0.6 is 23.1 Å². The molecule has 19 heavy (non-hydrogen) atoms. The van der Waals surface area contributed by atoms with Crippen LogP contribution in [0.25, 0.3) is 0 Å². The normalized spacial score (nSPS) is 31.6. The van der Waals surface area contributed by atoms with Crippen molar-refractivity contribution in [2.75, 3.05) is 26.2 Å². The Balaban J connectivity index is 1.56. The highest BCUT2D eigenvalue weighted by Gasteiger charge is 2.27. The van der Waals surface area contributed by atoms with Crippen molar-refractivity contribution in [2.24, 2.45) is 5.92 Å². The molecule has 1 aromatic rings. The molecule has 0 saturated carbocycles. The van der Waals surface area contributed by atoms with Gasteiger partial charge in [0, 0.05) is 17.8 Å². The molecule has 2 aliphatic heterocycles. The van der Waals surface area contributed by atoms with E-state index in [1.54, 1.807) is 5.56 Å². The summed E-state index contributed by atoms with van der Waals surface area (Å²) in [5.74, 6) is 0.854. The third-order valence-corrected chi connectivity index (χ3v) is 6.72. The first kappa shape index (κ1) is 13.9. The molecule has 1 N–H and O–H groups in total. The first-order valence-corrected chi connectivity index (χ1v) is 9.22. The van der Waals surface area contributed by atoms with E-state index in [9.17, 15) is 0 Å². The van der Waals surface area contributed by atoms with Gasteiger partial charge in [-0.05, 0) is 55.4 Å². The van der Waals surface area contributed by atoms with Crippen molar-refractivity contribution in [1.29, 1.82) is 0 Å². The van der Waals surface area contributed by atoms with Crippen LogP contribution in [0.15, 0.2) is 15.7 Å². The largest absolute Gasteiger partial charge is 0.310 e. The van der Waals surface area contributed by atoms with Gasteiger partial charge in [-0.3, -0.25) is 0 Å². The summed E-state index contributed by atoms with van der Waals surface area (Å²) in [4.78, 5) is 2.57.